The highest BCUT2D eigenvalue weighted by Gasteiger charge is 2.78. The molecular formula is C20H32O4. The normalized spacial score (nSPS) is 50.0. The smallest absolute Gasteiger partial charge is 0.178 e. The van der Waals surface area contributed by atoms with Gasteiger partial charge in [-0.05, 0) is 38.5 Å². The molecule has 0 aromatic heterocycles. The van der Waals surface area contributed by atoms with Gasteiger partial charge in [0.25, 0.3) is 0 Å². The highest BCUT2D eigenvalue weighted by molar-refractivity contribution is 5.76. The lowest BCUT2D eigenvalue weighted by Crippen LogP contribution is -2.65. The Bertz CT molecular complexity index is 570. The summed E-state index contributed by atoms with van der Waals surface area (Å²) in [6, 6.07) is 0. The van der Waals surface area contributed by atoms with E-state index in [1.807, 2.05) is 13.0 Å². The van der Waals surface area contributed by atoms with Crippen LogP contribution in [-0.4, -0.2) is 34.0 Å². The maximum atomic E-state index is 12.0. The molecule has 0 aromatic carbocycles. The number of aliphatic hydroxyl groups is 1. The minimum atomic E-state index is -1.09. The van der Waals surface area contributed by atoms with Crippen molar-refractivity contribution in [3.05, 3.63) is 12.7 Å². The fourth-order valence-electron chi connectivity index (χ4n) is 5.69. The fourth-order valence-corrected chi connectivity index (χ4v) is 5.69. The van der Waals surface area contributed by atoms with Crippen LogP contribution in [0.1, 0.15) is 73.1 Å². The van der Waals surface area contributed by atoms with Crippen LogP contribution in [-0.2, 0) is 14.3 Å². The molecule has 4 nitrogen and oxygen atoms in total. The van der Waals surface area contributed by atoms with Gasteiger partial charge in [-0.25, -0.2) is 0 Å². The molecular weight excluding hydrogens is 304 g/mol. The van der Waals surface area contributed by atoms with Gasteiger partial charge in [0.15, 0.2) is 5.79 Å². The second kappa shape index (κ2) is 5.15. The van der Waals surface area contributed by atoms with E-state index in [2.05, 4.69) is 27.4 Å². The van der Waals surface area contributed by atoms with Gasteiger partial charge in [-0.15, -0.1) is 6.58 Å². The molecule has 4 heteroatoms. The van der Waals surface area contributed by atoms with Crippen LogP contribution in [0.2, 0.25) is 0 Å². The predicted molar refractivity (Wildman–Crippen MR) is 92.5 cm³/mol. The van der Waals surface area contributed by atoms with Crippen molar-refractivity contribution in [3.63, 3.8) is 0 Å². The highest BCUT2D eigenvalue weighted by Crippen LogP contribution is 2.69. The number of carbonyl (C=O) groups excluding carboxylic acids is 1. The first-order chi connectivity index (χ1) is 11.0. The Labute approximate surface area is 145 Å². The fraction of sp³-hybridized carbons (Fsp3) is 0.850. The van der Waals surface area contributed by atoms with Gasteiger partial charge in [0.05, 0.1) is 17.1 Å². The van der Waals surface area contributed by atoms with E-state index in [4.69, 9.17) is 9.47 Å². The largest absolute Gasteiger partial charge is 0.386 e. The van der Waals surface area contributed by atoms with Crippen molar-refractivity contribution in [2.75, 3.05) is 0 Å². The molecule has 0 amide bonds. The molecule has 3 rings (SSSR count). The van der Waals surface area contributed by atoms with Crippen LogP contribution in [0.15, 0.2) is 12.7 Å². The molecule has 2 heterocycles. The number of hydrogen-bond acceptors (Lipinski definition) is 4. The zero-order valence-electron chi connectivity index (χ0n) is 15.8. The van der Waals surface area contributed by atoms with Crippen LogP contribution in [0, 0.1) is 10.8 Å². The molecule has 1 N–H and O–H groups in total. The molecule has 2 saturated heterocycles. The van der Waals surface area contributed by atoms with Gasteiger partial charge in [-0.2, -0.15) is 0 Å². The summed E-state index contributed by atoms with van der Waals surface area (Å²) in [6.45, 7) is 13.8. The standard InChI is InChI=1S/C20H32O4/c1-7-17(5)11-12-19(24-17)18(6)10-8-9-16(3,4)20(18,22)15(23-19)13-14(2)21/h7,15,22H,1,8-13H2,2-6H3. The third-order valence-corrected chi connectivity index (χ3v) is 7.24. The van der Waals surface area contributed by atoms with Crippen molar-refractivity contribution in [3.8, 4) is 0 Å². The van der Waals surface area contributed by atoms with E-state index in [0.717, 1.165) is 32.1 Å². The maximum absolute atomic E-state index is 12.0. The monoisotopic (exact) mass is 336 g/mol. The van der Waals surface area contributed by atoms with Gasteiger partial charge in [0.2, 0.25) is 0 Å². The lowest BCUT2D eigenvalue weighted by molar-refractivity contribution is -0.280. The number of ketones is 1. The van der Waals surface area contributed by atoms with Gasteiger partial charge < -0.3 is 14.6 Å². The maximum Gasteiger partial charge on any atom is 0.178 e. The molecule has 1 saturated carbocycles. The second-order valence-electron chi connectivity index (χ2n) is 9.22. The van der Waals surface area contributed by atoms with Crippen molar-refractivity contribution in [1.82, 2.24) is 0 Å². The van der Waals surface area contributed by atoms with E-state index in [1.54, 1.807) is 6.92 Å². The van der Waals surface area contributed by atoms with Gasteiger partial charge in [-0.1, -0.05) is 33.3 Å². The van der Waals surface area contributed by atoms with Crippen molar-refractivity contribution in [2.24, 2.45) is 10.8 Å². The highest BCUT2D eigenvalue weighted by atomic mass is 16.7. The van der Waals surface area contributed by atoms with Crippen molar-refractivity contribution >= 4 is 5.78 Å². The van der Waals surface area contributed by atoms with Crippen LogP contribution in [0.5, 0.6) is 0 Å². The Balaban J connectivity index is 2.11. The average molecular weight is 336 g/mol. The van der Waals surface area contributed by atoms with Crippen LogP contribution < -0.4 is 0 Å². The number of fused-ring (bicyclic) bond motifs is 2. The SMILES string of the molecule is C=CC1(C)CCC2(OC(CC(C)=O)C3(O)C(C)(C)CCCC23C)O1. The quantitative estimate of drug-likeness (QED) is 0.797. The van der Waals surface area contributed by atoms with E-state index in [-0.39, 0.29) is 17.6 Å². The molecule has 136 valence electrons. The molecule has 0 aromatic rings. The van der Waals surface area contributed by atoms with E-state index in [1.165, 1.54) is 0 Å². The zero-order chi connectivity index (χ0) is 18.0. The first-order valence-electron chi connectivity index (χ1n) is 9.19. The molecule has 5 unspecified atom stereocenters. The van der Waals surface area contributed by atoms with Crippen LogP contribution in [0.4, 0.5) is 0 Å². The number of hydrogen-bond donors (Lipinski definition) is 1. The zero-order valence-corrected chi connectivity index (χ0v) is 15.8. The van der Waals surface area contributed by atoms with Crippen LogP contribution >= 0.6 is 0 Å². The molecule has 1 aliphatic carbocycles. The summed E-state index contributed by atoms with van der Waals surface area (Å²) in [4.78, 5) is 11.9. The van der Waals surface area contributed by atoms with Crippen molar-refractivity contribution in [1.29, 1.82) is 0 Å². The van der Waals surface area contributed by atoms with Gasteiger partial charge >= 0.3 is 0 Å². The summed E-state index contributed by atoms with van der Waals surface area (Å²) >= 11 is 0. The molecule has 5 atom stereocenters. The molecule has 0 radical (unpaired) electrons. The molecule has 3 aliphatic rings. The summed E-state index contributed by atoms with van der Waals surface area (Å²) in [5.74, 6) is -0.804. The first kappa shape index (κ1) is 18.1. The van der Waals surface area contributed by atoms with E-state index in [0.29, 0.717) is 0 Å². The molecule has 0 bridgehead atoms. The van der Waals surface area contributed by atoms with Crippen molar-refractivity contribution in [2.45, 2.75) is 96.2 Å². The Morgan fingerprint density at radius 1 is 1.21 bits per heavy atom. The van der Waals surface area contributed by atoms with Gasteiger partial charge in [0, 0.05) is 12.8 Å². The van der Waals surface area contributed by atoms with Crippen LogP contribution in [0.3, 0.4) is 0 Å². The summed E-state index contributed by atoms with van der Waals surface area (Å²) in [5, 5.41) is 12.0. The summed E-state index contributed by atoms with van der Waals surface area (Å²) < 4.78 is 12.9. The predicted octanol–water partition coefficient (Wildman–Crippen LogP) is 3.76. The first-order valence-corrected chi connectivity index (χ1v) is 9.19. The van der Waals surface area contributed by atoms with E-state index >= 15 is 0 Å². The molecule has 2 aliphatic heterocycles. The number of carbonyl (C=O) groups is 1. The topological polar surface area (TPSA) is 55.8 Å². The Morgan fingerprint density at radius 2 is 1.88 bits per heavy atom. The third kappa shape index (κ3) is 2.06. The number of Topliss-reactive ketones (excluding diaryl/α,β-unsaturated/α-hetero) is 1. The Morgan fingerprint density at radius 3 is 2.42 bits per heavy atom. The lowest BCUT2D eigenvalue weighted by atomic mass is 9.50. The van der Waals surface area contributed by atoms with Gasteiger partial charge in [-0.3, -0.25) is 4.79 Å². The van der Waals surface area contributed by atoms with E-state index in [9.17, 15) is 9.90 Å². The van der Waals surface area contributed by atoms with Crippen LogP contribution in [0.25, 0.3) is 0 Å². The molecule has 24 heavy (non-hydrogen) atoms. The second-order valence-corrected chi connectivity index (χ2v) is 9.22. The number of ether oxygens (including phenoxy) is 2. The van der Waals surface area contributed by atoms with Gasteiger partial charge in [0.1, 0.15) is 11.4 Å². The number of rotatable bonds is 3. The Hall–Kier alpha value is -0.710. The van der Waals surface area contributed by atoms with E-state index < -0.39 is 28.5 Å². The minimum Gasteiger partial charge on any atom is -0.386 e. The average Bonchev–Trinajstić information content (AvgIpc) is 2.90. The summed E-state index contributed by atoms with van der Waals surface area (Å²) in [7, 11) is 0. The minimum absolute atomic E-state index is 0.0404. The van der Waals surface area contributed by atoms with Crippen molar-refractivity contribution < 1.29 is 19.4 Å². The lowest BCUT2D eigenvalue weighted by Gasteiger charge is -2.57. The molecule has 3 fully saturated rings. The summed E-state index contributed by atoms with van der Waals surface area (Å²) in [6.07, 6.45) is 5.86. The third-order valence-electron chi connectivity index (χ3n) is 7.24. The summed E-state index contributed by atoms with van der Waals surface area (Å²) in [5.41, 5.74) is -2.41. The molecule has 1 spiro atoms. The Kier molecular flexibility index (Phi) is 3.88.